The first kappa shape index (κ1) is 17.7. The Bertz CT molecular complexity index is 1070. The fourth-order valence-corrected chi connectivity index (χ4v) is 2.92. The molecule has 0 unspecified atom stereocenters. The molecule has 0 radical (unpaired) electrons. The first-order valence-corrected chi connectivity index (χ1v) is 9.04. The Balaban J connectivity index is 1.59. The van der Waals surface area contributed by atoms with Crippen molar-refractivity contribution in [2.75, 3.05) is 0 Å². The van der Waals surface area contributed by atoms with Gasteiger partial charge in [-0.15, -0.1) is 0 Å². The van der Waals surface area contributed by atoms with Crippen LogP contribution in [0.1, 0.15) is 22.3 Å². The molecule has 1 heterocycles. The standard InChI is InChI=1S/C24H19NO3/c1-17-8-7-12-20(14-17)23-25-21(24(26)28-23)15-19-11-5-6-13-22(19)27-16-18-9-3-2-4-10-18/h2-15H,16H2,1H3/b21-15-. The predicted octanol–water partition coefficient (Wildman–Crippen LogP) is 4.92. The number of ether oxygens (including phenoxy) is 2. The van der Waals surface area contributed by atoms with Crippen LogP contribution in [-0.4, -0.2) is 11.9 Å². The van der Waals surface area contributed by atoms with Gasteiger partial charge in [0.25, 0.3) is 0 Å². The molecule has 0 bridgehead atoms. The van der Waals surface area contributed by atoms with Gasteiger partial charge in [0.15, 0.2) is 5.70 Å². The number of carbonyl (C=O) groups is 1. The molecule has 0 spiro atoms. The third-order valence-electron chi connectivity index (χ3n) is 4.33. The van der Waals surface area contributed by atoms with Gasteiger partial charge in [0.2, 0.25) is 5.90 Å². The van der Waals surface area contributed by atoms with E-state index >= 15 is 0 Å². The Hall–Kier alpha value is -3.66. The van der Waals surface area contributed by atoms with Crippen molar-refractivity contribution in [2.45, 2.75) is 13.5 Å². The maximum atomic E-state index is 12.3. The summed E-state index contributed by atoms with van der Waals surface area (Å²) in [6.07, 6.45) is 1.70. The highest BCUT2D eigenvalue weighted by molar-refractivity contribution is 6.13. The molecule has 0 atom stereocenters. The number of carbonyl (C=O) groups excluding carboxylic acids is 1. The molecule has 0 aliphatic carbocycles. The molecule has 0 aromatic heterocycles. The van der Waals surface area contributed by atoms with E-state index in [0.717, 1.165) is 22.3 Å². The van der Waals surface area contributed by atoms with E-state index in [2.05, 4.69) is 4.99 Å². The highest BCUT2D eigenvalue weighted by atomic mass is 16.6. The molecule has 1 aliphatic rings. The lowest BCUT2D eigenvalue weighted by atomic mass is 10.1. The number of esters is 1. The maximum absolute atomic E-state index is 12.3. The maximum Gasteiger partial charge on any atom is 0.363 e. The first-order chi connectivity index (χ1) is 13.7. The van der Waals surface area contributed by atoms with E-state index in [1.807, 2.05) is 85.8 Å². The fraction of sp³-hybridized carbons (Fsp3) is 0.0833. The number of nitrogens with zero attached hydrogens (tertiary/aromatic N) is 1. The molecule has 0 amide bonds. The average Bonchev–Trinajstić information content (AvgIpc) is 3.09. The average molecular weight is 369 g/mol. The summed E-state index contributed by atoms with van der Waals surface area (Å²) in [5.41, 5.74) is 3.97. The van der Waals surface area contributed by atoms with Crippen LogP contribution in [0.5, 0.6) is 5.75 Å². The number of hydrogen-bond acceptors (Lipinski definition) is 4. The Kier molecular flexibility index (Phi) is 5.02. The van der Waals surface area contributed by atoms with Crippen molar-refractivity contribution in [3.05, 3.63) is 107 Å². The normalized spacial score (nSPS) is 14.7. The van der Waals surface area contributed by atoms with Gasteiger partial charge in [0.1, 0.15) is 12.4 Å². The van der Waals surface area contributed by atoms with Crippen molar-refractivity contribution in [1.82, 2.24) is 0 Å². The quantitative estimate of drug-likeness (QED) is 0.474. The lowest BCUT2D eigenvalue weighted by molar-refractivity contribution is -0.129. The van der Waals surface area contributed by atoms with Gasteiger partial charge in [-0.05, 0) is 36.8 Å². The molecule has 1 aliphatic heterocycles. The Morgan fingerprint density at radius 2 is 1.75 bits per heavy atom. The molecular weight excluding hydrogens is 350 g/mol. The summed E-state index contributed by atoms with van der Waals surface area (Å²) in [6, 6.07) is 25.2. The summed E-state index contributed by atoms with van der Waals surface area (Å²) in [6.45, 7) is 2.43. The summed E-state index contributed by atoms with van der Waals surface area (Å²) < 4.78 is 11.3. The Labute approximate surface area is 163 Å². The lowest BCUT2D eigenvalue weighted by Gasteiger charge is -2.09. The highest BCUT2D eigenvalue weighted by Gasteiger charge is 2.24. The Morgan fingerprint density at radius 3 is 2.57 bits per heavy atom. The van der Waals surface area contributed by atoms with Crippen LogP contribution >= 0.6 is 0 Å². The van der Waals surface area contributed by atoms with E-state index < -0.39 is 5.97 Å². The number of aryl methyl sites for hydroxylation is 1. The van der Waals surface area contributed by atoms with Crippen molar-refractivity contribution in [2.24, 2.45) is 4.99 Å². The minimum atomic E-state index is -0.464. The van der Waals surface area contributed by atoms with Crippen LogP contribution in [0.15, 0.2) is 89.6 Å². The SMILES string of the molecule is Cc1cccc(C2=N/C(=C\c3ccccc3OCc3ccccc3)C(=O)O2)c1. The van der Waals surface area contributed by atoms with Crippen LogP contribution in [-0.2, 0) is 16.1 Å². The van der Waals surface area contributed by atoms with Crippen LogP contribution < -0.4 is 4.74 Å². The molecule has 0 fully saturated rings. The van der Waals surface area contributed by atoms with Crippen LogP contribution in [0.2, 0.25) is 0 Å². The van der Waals surface area contributed by atoms with E-state index in [9.17, 15) is 4.79 Å². The minimum Gasteiger partial charge on any atom is -0.488 e. The molecule has 3 aromatic rings. The largest absolute Gasteiger partial charge is 0.488 e. The zero-order valence-corrected chi connectivity index (χ0v) is 15.5. The van der Waals surface area contributed by atoms with Gasteiger partial charge in [-0.1, -0.05) is 66.2 Å². The van der Waals surface area contributed by atoms with E-state index in [4.69, 9.17) is 9.47 Å². The van der Waals surface area contributed by atoms with Crippen molar-refractivity contribution >= 4 is 17.9 Å². The molecule has 4 rings (SSSR count). The highest BCUT2D eigenvalue weighted by Crippen LogP contribution is 2.25. The van der Waals surface area contributed by atoms with Gasteiger partial charge in [-0.25, -0.2) is 9.79 Å². The zero-order valence-electron chi connectivity index (χ0n) is 15.5. The molecule has 4 nitrogen and oxygen atoms in total. The molecule has 0 N–H and O–H groups in total. The number of benzene rings is 3. The summed E-state index contributed by atoms with van der Waals surface area (Å²) in [5.74, 6) is 0.544. The van der Waals surface area contributed by atoms with E-state index in [1.54, 1.807) is 6.08 Å². The van der Waals surface area contributed by atoms with Gasteiger partial charge < -0.3 is 9.47 Å². The fourth-order valence-electron chi connectivity index (χ4n) is 2.92. The summed E-state index contributed by atoms with van der Waals surface area (Å²) in [5, 5.41) is 0. The monoisotopic (exact) mass is 369 g/mol. The number of para-hydroxylation sites is 1. The van der Waals surface area contributed by atoms with Crippen LogP contribution in [0, 0.1) is 6.92 Å². The van der Waals surface area contributed by atoms with Crippen molar-refractivity contribution in [3.8, 4) is 5.75 Å². The number of rotatable bonds is 5. The predicted molar refractivity (Wildman–Crippen MR) is 109 cm³/mol. The molecule has 0 saturated heterocycles. The second-order valence-corrected chi connectivity index (χ2v) is 6.52. The van der Waals surface area contributed by atoms with Gasteiger partial charge in [0, 0.05) is 11.1 Å². The van der Waals surface area contributed by atoms with Crippen molar-refractivity contribution in [3.63, 3.8) is 0 Å². The number of hydrogen-bond donors (Lipinski definition) is 0. The topological polar surface area (TPSA) is 47.9 Å². The van der Waals surface area contributed by atoms with Gasteiger partial charge >= 0.3 is 5.97 Å². The lowest BCUT2D eigenvalue weighted by Crippen LogP contribution is -2.05. The van der Waals surface area contributed by atoms with E-state index in [1.165, 1.54) is 0 Å². The first-order valence-electron chi connectivity index (χ1n) is 9.04. The summed E-state index contributed by atoms with van der Waals surface area (Å²) in [4.78, 5) is 16.7. The minimum absolute atomic E-state index is 0.257. The molecule has 3 aromatic carbocycles. The van der Waals surface area contributed by atoms with Crippen molar-refractivity contribution < 1.29 is 14.3 Å². The molecule has 0 saturated carbocycles. The molecule has 138 valence electrons. The van der Waals surface area contributed by atoms with Crippen molar-refractivity contribution in [1.29, 1.82) is 0 Å². The zero-order chi connectivity index (χ0) is 19.3. The van der Waals surface area contributed by atoms with E-state index in [-0.39, 0.29) is 5.70 Å². The van der Waals surface area contributed by atoms with Crippen LogP contribution in [0.3, 0.4) is 0 Å². The van der Waals surface area contributed by atoms with Crippen LogP contribution in [0.4, 0.5) is 0 Å². The smallest absolute Gasteiger partial charge is 0.363 e. The second kappa shape index (κ2) is 7.92. The number of aliphatic imine (C=N–C) groups is 1. The number of cyclic esters (lactones) is 1. The van der Waals surface area contributed by atoms with E-state index in [0.29, 0.717) is 18.3 Å². The summed E-state index contributed by atoms with van der Waals surface area (Å²) in [7, 11) is 0. The third-order valence-corrected chi connectivity index (χ3v) is 4.33. The third kappa shape index (κ3) is 4.01. The molecule has 28 heavy (non-hydrogen) atoms. The van der Waals surface area contributed by atoms with Gasteiger partial charge in [0.05, 0.1) is 0 Å². The van der Waals surface area contributed by atoms with Gasteiger partial charge in [-0.2, -0.15) is 0 Å². The molecular formula is C24H19NO3. The summed E-state index contributed by atoms with van der Waals surface area (Å²) >= 11 is 0. The Morgan fingerprint density at radius 1 is 0.964 bits per heavy atom. The molecule has 4 heteroatoms. The van der Waals surface area contributed by atoms with Crippen LogP contribution in [0.25, 0.3) is 6.08 Å². The van der Waals surface area contributed by atoms with Gasteiger partial charge in [-0.3, -0.25) is 0 Å². The second-order valence-electron chi connectivity index (χ2n) is 6.52.